The highest BCUT2D eigenvalue weighted by Gasteiger charge is 2.08. The number of nitrogens with two attached hydrogens (primary N) is 1. The molecule has 19 heavy (non-hydrogen) atoms. The molecule has 0 saturated carbocycles. The first-order valence-electron chi connectivity index (χ1n) is 5.59. The third-order valence-electron chi connectivity index (χ3n) is 2.56. The Hall–Kier alpha value is -1.52. The van der Waals surface area contributed by atoms with Crippen LogP contribution < -0.4 is 11.1 Å². The monoisotopic (exact) mass is 338 g/mol. The van der Waals surface area contributed by atoms with Gasteiger partial charge in [-0.15, -0.1) is 0 Å². The molecule has 0 atom stereocenters. The number of carbonyl (C=O) groups excluding carboxylic acids is 1. The lowest BCUT2D eigenvalue weighted by molar-refractivity contribution is 0.102. The second-order valence-corrected chi connectivity index (χ2v) is 5.53. The summed E-state index contributed by atoms with van der Waals surface area (Å²) < 4.78 is 0.869. The molecule has 0 aliphatic heterocycles. The molecule has 0 aromatic heterocycles. The second-order valence-electron chi connectivity index (χ2n) is 4.21. The van der Waals surface area contributed by atoms with Crippen molar-refractivity contribution in [2.24, 2.45) is 0 Å². The van der Waals surface area contributed by atoms with E-state index in [1.165, 1.54) is 0 Å². The normalized spacial score (nSPS) is 10.3. The Morgan fingerprint density at radius 2 is 2.00 bits per heavy atom. The van der Waals surface area contributed by atoms with Crippen LogP contribution in [0.3, 0.4) is 0 Å². The van der Waals surface area contributed by atoms with Crippen molar-refractivity contribution >= 4 is 44.8 Å². The average Bonchev–Trinajstić information content (AvgIpc) is 2.32. The Morgan fingerprint density at radius 1 is 1.26 bits per heavy atom. The van der Waals surface area contributed by atoms with Gasteiger partial charge in [0.25, 0.3) is 5.91 Å². The Morgan fingerprint density at radius 3 is 2.63 bits per heavy atom. The van der Waals surface area contributed by atoms with E-state index in [1.54, 1.807) is 24.3 Å². The van der Waals surface area contributed by atoms with E-state index in [-0.39, 0.29) is 5.91 Å². The molecule has 3 nitrogen and oxygen atoms in total. The lowest BCUT2D eigenvalue weighted by Crippen LogP contribution is -2.12. The zero-order chi connectivity index (χ0) is 14.0. The third-order valence-corrected chi connectivity index (χ3v) is 3.35. The molecule has 5 heteroatoms. The summed E-state index contributed by atoms with van der Waals surface area (Å²) in [4.78, 5) is 12.1. The van der Waals surface area contributed by atoms with Gasteiger partial charge in [-0.3, -0.25) is 4.79 Å². The Kier molecular flexibility index (Phi) is 4.12. The highest BCUT2D eigenvalue weighted by molar-refractivity contribution is 9.10. The summed E-state index contributed by atoms with van der Waals surface area (Å²) in [5.74, 6) is -0.190. The minimum Gasteiger partial charge on any atom is -0.398 e. The molecule has 0 saturated heterocycles. The third kappa shape index (κ3) is 3.49. The molecule has 98 valence electrons. The highest BCUT2D eigenvalue weighted by Crippen LogP contribution is 2.23. The Balaban J connectivity index is 2.22. The zero-order valence-electron chi connectivity index (χ0n) is 10.2. The first-order valence-corrected chi connectivity index (χ1v) is 6.76. The summed E-state index contributed by atoms with van der Waals surface area (Å²) in [6, 6.07) is 10.5. The second kappa shape index (κ2) is 5.63. The Bertz CT molecular complexity index is 623. The van der Waals surface area contributed by atoms with Crippen LogP contribution in [0.25, 0.3) is 0 Å². The molecule has 0 heterocycles. The van der Waals surface area contributed by atoms with Gasteiger partial charge in [0.1, 0.15) is 0 Å². The van der Waals surface area contributed by atoms with E-state index in [0.717, 1.165) is 10.0 Å². The summed E-state index contributed by atoms with van der Waals surface area (Å²) in [5.41, 5.74) is 8.31. The number of carbonyl (C=O) groups is 1. The largest absolute Gasteiger partial charge is 0.398 e. The van der Waals surface area contributed by atoms with Crippen molar-refractivity contribution in [1.82, 2.24) is 0 Å². The molecule has 0 bridgehead atoms. The standard InChI is InChI=1S/C14H12BrClN2O/c1-8-4-9(6-10(15)5-8)14(19)18-11-2-3-13(17)12(16)7-11/h2-7H,17H2,1H3,(H,18,19). The quantitative estimate of drug-likeness (QED) is 0.804. The molecule has 2 rings (SSSR count). The van der Waals surface area contributed by atoms with Crippen LogP contribution in [0.1, 0.15) is 15.9 Å². The minimum atomic E-state index is -0.190. The maximum atomic E-state index is 12.1. The maximum Gasteiger partial charge on any atom is 0.255 e. The van der Waals surface area contributed by atoms with Gasteiger partial charge < -0.3 is 11.1 Å². The van der Waals surface area contributed by atoms with Crippen molar-refractivity contribution in [2.45, 2.75) is 6.92 Å². The van der Waals surface area contributed by atoms with Gasteiger partial charge in [0.2, 0.25) is 0 Å². The SMILES string of the molecule is Cc1cc(Br)cc(C(=O)Nc2ccc(N)c(Cl)c2)c1. The first kappa shape index (κ1) is 13.9. The van der Waals surface area contributed by atoms with Gasteiger partial charge in [-0.25, -0.2) is 0 Å². The number of anilines is 2. The van der Waals surface area contributed by atoms with E-state index >= 15 is 0 Å². The molecule has 3 N–H and O–H groups in total. The topological polar surface area (TPSA) is 55.1 Å². The summed E-state index contributed by atoms with van der Waals surface area (Å²) in [6.07, 6.45) is 0. The predicted octanol–water partition coefficient (Wildman–Crippen LogP) is 4.25. The zero-order valence-corrected chi connectivity index (χ0v) is 12.5. The van der Waals surface area contributed by atoms with Crippen molar-refractivity contribution in [1.29, 1.82) is 0 Å². The van der Waals surface area contributed by atoms with Crippen molar-refractivity contribution in [3.05, 3.63) is 57.0 Å². The number of hydrogen-bond donors (Lipinski definition) is 2. The summed E-state index contributed by atoms with van der Waals surface area (Å²) in [5, 5.41) is 3.20. The van der Waals surface area contributed by atoms with Crippen LogP contribution in [0.5, 0.6) is 0 Å². The first-order chi connectivity index (χ1) is 8.95. The van der Waals surface area contributed by atoms with E-state index in [9.17, 15) is 4.79 Å². The lowest BCUT2D eigenvalue weighted by Gasteiger charge is -2.08. The molecule has 0 aliphatic rings. The lowest BCUT2D eigenvalue weighted by atomic mass is 10.1. The molecular weight excluding hydrogens is 328 g/mol. The van der Waals surface area contributed by atoms with Gasteiger partial charge in [0.05, 0.1) is 10.7 Å². The number of halogens is 2. The van der Waals surface area contributed by atoms with Crippen LogP contribution in [-0.2, 0) is 0 Å². The molecule has 1 amide bonds. The highest BCUT2D eigenvalue weighted by atomic mass is 79.9. The molecule has 0 fully saturated rings. The Labute approximate surface area is 124 Å². The van der Waals surface area contributed by atoms with Gasteiger partial charge >= 0.3 is 0 Å². The number of amides is 1. The molecule has 0 unspecified atom stereocenters. The molecule has 2 aromatic carbocycles. The van der Waals surface area contributed by atoms with Crippen molar-refractivity contribution < 1.29 is 4.79 Å². The van der Waals surface area contributed by atoms with E-state index in [0.29, 0.717) is 22.0 Å². The number of hydrogen-bond acceptors (Lipinski definition) is 2. The molecule has 2 aromatic rings. The van der Waals surface area contributed by atoms with Crippen LogP contribution in [0, 0.1) is 6.92 Å². The van der Waals surface area contributed by atoms with Crippen molar-refractivity contribution in [3.8, 4) is 0 Å². The fraction of sp³-hybridized carbons (Fsp3) is 0.0714. The summed E-state index contributed by atoms with van der Waals surface area (Å²) in [7, 11) is 0. The smallest absolute Gasteiger partial charge is 0.255 e. The van der Waals surface area contributed by atoms with Crippen LogP contribution in [0.2, 0.25) is 5.02 Å². The van der Waals surface area contributed by atoms with Gasteiger partial charge in [-0.05, 0) is 48.9 Å². The van der Waals surface area contributed by atoms with Crippen LogP contribution in [0.15, 0.2) is 40.9 Å². The molecule has 0 aliphatic carbocycles. The number of rotatable bonds is 2. The van der Waals surface area contributed by atoms with E-state index in [4.69, 9.17) is 17.3 Å². The molecule has 0 spiro atoms. The van der Waals surface area contributed by atoms with Crippen LogP contribution in [0.4, 0.5) is 11.4 Å². The average molecular weight is 340 g/mol. The summed E-state index contributed by atoms with van der Waals surface area (Å²) >= 11 is 9.28. The number of benzene rings is 2. The van der Waals surface area contributed by atoms with Gasteiger partial charge in [0.15, 0.2) is 0 Å². The van der Waals surface area contributed by atoms with Gasteiger partial charge in [-0.2, -0.15) is 0 Å². The fourth-order valence-corrected chi connectivity index (χ4v) is 2.46. The van der Waals surface area contributed by atoms with Crippen LogP contribution >= 0.6 is 27.5 Å². The van der Waals surface area contributed by atoms with E-state index in [2.05, 4.69) is 21.2 Å². The van der Waals surface area contributed by atoms with Crippen LogP contribution in [-0.4, -0.2) is 5.91 Å². The van der Waals surface area contributed by atoms with Gasteiger partial charge in [0, 0.05) is 15.7 Å². The maximum absolute atomic E-state index is 12.1. The van der Waals surface area contributed by atoms with Crippen molar-refractivity contribution in [2.75, 3.05) is 11.1 Å². The fourth-order valence-electron chi connectivity index (χ4n) is 1.68. The number of nitrogen functional groups attached to an aromatic ring is 1. The minimum absolute atomic E-state index is 0.190. The predicted molar refractivity (Wildman–Crippen MR) is 82.7 cm³/mol. The molecule has 0 radical (unpaired) electrons. The van der Waals surface area contributed by atoms with E-state index < -0.39 is 0 Å². The van der Waals surface area contributed by atoms with Gasteiger partial charge in [-0.1, -0.05) is 27.5 Å². The van der Waals surface area contributed by atoms with Crippen molar-refractivity contribution in [3.63, 3.8) is 0 Å². The molecular formula is C14H12BrClN2O. The van der Waals surface area contributed by atoms with E-state index in [1.807, 2.05) is 19.1 Å². The number of nitrogens with one attached hydrogen (secondary N) is 1. The summed E-state index contributed by atoms with van der Waals surface area (Å²) in [6.45, 7) is 1.93. The number of aryl methyl sites for hydroxylation is 1.